The minimum atomic E-state index is 0.398. The maximum Gasteiger partial charge on any atom is 0.0785 e. The Hall–Kier alpha value is -0.300. The summed E-state index contributed by atoms with van der Waals surface area (Å²) in [5.41, 5.74) is 1.50. The first-order chi connectivity index (χ1) is 5.27. The lowest BCUT2D eigenvalue weighted by atomic mass is 9.98. The Morgan fingerprint density at radius 3 is 2.91 bits per heavy atom. The first-order valence-corrected chi connectivity index (χ1v) is 4.48. The molecule has 1 aliphatic rings. The molecule has 0 bridgehead atoms. The van der Waals surface area contributed by atoms with Crippen LogP contribution in [-0.4, -0.2) is 13.2 Å². The number of hydrogen-bond donors (Lipinski definition) is 0. The van der Waals surface area contributed by atoms with Crippen molar-refractivity contribution in [2.24, 2.45) is 5.92 Å². The topological polar surface area (TPSA) is 9.23 Å². The molecule has 0 radical (unpaired) electrons. The monoisotopic (exact) mass is 154 g/mol. The van der Waals surface area contributed by atoms with Crippen LogP contribution in [0.1, 0.15) is 33.1 Å². The number of methoxy groups -OCH3 is 1. The standard InChI is InChI=1S/C10H18O/c1-4-5-9-6-8(2)7-10(9)11-3/h7,9-10H,4-6H2,1-3H3. The number of hydrogen-bond acceptors (Lipinski definition) is 1. The summed E-state index contributed by atoms with van der Waals surface area (Å²) in [4.78, 5) is 0. The van der Waals surface area contributed by atoms with Crippen molar-refractivity contribution in [2.75, 3.05) is 7.11 Å². The lowest BCUT2D eigenvalue weighted by Crippen LogP contribution is -2.15. The van der Waals surface area contributed by atoms with Crippen LogP contribution in [-0.2, 0) is 4.74 Å². The van der Waals surface area contributed by atoms with Crippen molar-refractivity contribution in [3.8, 4) is 0 Å². The summed E-state index contributed by atoms with van der Waals surface area (Å²) in [6.07, 6.45) is 6.47. The van der Waals surface area contributed by atoms with E-state index in [1.807, 2.05) is 7.11 Å². The predicted molar refractivity (Wildman–Crippen MR) is 47.6 cm³/mol. The Balaban J connectivity index is 2.45. The highest BCUT2D eigenvalue weighted by Crippen LogP contribution is 2.30. The molecule has 2 unspecified atom stereocenters. The molecule has 0 aromatic rings. The van der Waals surface area contributed by atoms with Crippen LogP contribution in [0.15, 0.2) is 11.6 Å². The van der Waals surface area contributed by atoms with Crippen molar-refractivity contribution >= 4 is 0 Å². The van der Waals surface area contributed by atoms with E-state index in [4.69, 9.17) is 4.74 Å². The molecule has 0 aliphatic heterocycles. The third kappa shape index (κ3) is 2.06. The average molecular weight is 154 g/mol. The zero-order valence-corrected chi connectivity index (χ0v) is 7.76. The van der Waals surface area contributed by atoms with Crippen LogP contribution in [0.4, 0.5) is 0 Å². The van der Waals surface area contributed by atoms with E-state index < -0.39 is 0 Å². The van der Waals surface area contributed by atoms with Gasteiger partial charge in [0.2, 0.25) is 0 Å². The summed E-state index contributed by atoms with van der Waals surface area (Å²) >= 11 is 0. The highest BCUT2D eigenvalue weighted by Gasteiger charge is 2.24. The summed E-state index contributed by atoms with van der Waals surface area (Å²) < 4.78 is 5.37. The highest BCUT2D eigenvalue weighted by atomic mass is 16.5. The molecule has 0 fully saturated rings. The summed E-state index contributed by atoms with van der Waals surface area (Å²) in [5.74, 6) is 0.755. The van der Waals surface area contributed by atoms with Crippen LogP contribution in [0.5, 0.6) is 0 Å². The second-order valence-electron chi connectivity index (χ2n) is 3.47. The molecule has 1 heteroatoms. The minimum Gasteiger partial charge on any atom is -0.377 e. The van der Waals surface area contributed by atoms with Gasteiger partial charge < -0.3 is 4.74 Å². The largest absolute Gasteiger partial charge is 0.377 e. The van der Waals surface area contributed by atoms with Crippen molar-refractivity contribution < 1.29 is 4.74 Å². The Bertz CT molecular complexity index is 149. The molecule has 0 aromatic carbocycles. The fourth-order valence-electron chi connectivity index (χ4n) is 1.91. The molecule has 0 heterocycles. The van der Waals surface area contributed by atoms with Crippen molar-refractivity contribution in [2.45, 2.75) is 39.2 Å². The van der Waals surface area contributed by atoms with Crippen molar-refractivity contribution in [3.05, 3.63) is 11.6 Å². The second-order valence-corrected chi connectivity index (χ2v) is 3.47. The minimum absolute atomic E-state index is 0.398. The molecule has 1 rings (SSSR count). The second kappa shape index (κ2) is 3.91. The predicted octanol–water partition coefficient (Wildman–Crippen LogP) is 2.77. The van der Waals surface area contributed by atoms with Gasteiger partial charge in [-0.05, 0) is 25.7 Å². The quantitative estimate of drug-likeness (QED) is 0.568. The SMILES string of the molecule is CCCC1CC(C)=CC1OC. The Kier molecular flexibility index (Phi) is 3.13. The van der Waals surface area contributed by atoms with Crippen LogP contribution < -0.4 is 0 Å². The van der Waals surface area contributed by atoms with Gasteiger partial charge in [-0.15, -0.1) is 0 Å². The fraction of sp³-hybridized carbons (Fsp3) is 0.800. The zero-order valence-electron chi connectivity index (χ0n) is 7.76. The average Bonchev–Trinajstić information content (AvgIpc) is 2.32. The fourth-order valence-corrected chi connectivity index (χ4v) is 1.91. The van der Waals surface area contributed by atoms with Gasteiger partial charge in [0.05, 0.1) is 6.10 Å². The van der Waals surface area contributed by atoms with E-state index in [0.717, 1.165) is 5.92 Å². The molecule has 1 aliphatic carbocycles. The van der Waals surface area contributed by atoms with Gasteiger partial charge in [0, 0.05) is 7.11 Å². The van der Waals surface area contributed by atoms with Crippen LogP contribution in [0.3, 0.4) is 0 Å². The molecule has 11 heavy (non-hydrogen) atoms. The maximum atomic E-state index is 5.37. The normalized spacial score (nSPS) is 30.6. The Morgan fingerprint density at radius 2 is 2.36 bits per heavy atom. The van der Waals surface area contributed by atoms with Crippen molar-refractivity contribution in [3.63, 3.8) is 0 Å². The van der Waals surface area contributed by atoms with Crippen LogP contribution >= 0.6 is 0 Å². The Morgan fingerprint density at radius 1 is 1.64 bits per heavy atom. The van der Waals surface area contributed by atoms with E-state index in [-0.39, 0.29) is 0 Å². The highest BCUT2D eigenvalue weighted by molar-refractivity contribution is 5.12. The van der Waals surface area contributed by atoms with Gasteiger partial charge in [-0.3, -0.25) is 0 Å². The first-order valence-electron chi connectivity index (χ1n) is 4.48. The Labute approximate surface area is 69.4 Å². The van der Waals surface area contributed by atoms with E-state index in [2.05, 4.69) is 19.9 Å². The summed E-state index contributed by atoms with van der Waals surface area (Å²) in [6.45, 7) is 4.43. The van der Waals surface area contributed by atoms with Gasteiger partial charge in [0.25, 0.3) is 0 Å². The lowest BCUT2D eigenvalue weighted by Gasteiger charge is -2.16. The molecule has 0 aromatic heterocycles. The van der Waals surface area contributed by atoms with E-state index in [1.165, 1.54) is 24.8 Å². The van der Waals surface area contributed by atoms with Crippen LogP contribution in [0.25, 0.3) is 0 Å². The van der Waals surface area contributed by atoms with Crippen LogP contribution in [0, 0.1) is 5.92 Å². The third-order valence-corrected chi connectivity index (χ3v) is 2.43. The van der Waals surface area contributed by atoms with Crippen molar-refractivity contribution in [1.82, 2.24) is 0 Å². The van der Waals surface area contributed by atoms with Gasteiger partial charge in [0.15, 0.2) is 0 Å². The van der Waals surface area contributed by atoms with Crippen molar-refractivity contribution in [1.29, 1.82) is 0 Å². The molecule has 1 nitrogen and oxygen atoms in total. The van der Waals surface area contributed by atoms with E-state index >= 15 is 0 Å². The number of rotatable bonds is 3. The molecule has 0 amide bonds. The zero-order chi connectivity index (χ0) is 8.27. The maximum absolute atomic E-state index is 5.37. The van der Waals surface area contributed by atoms with E-state index in [0.29, 0.717) is 6.10 Å². The van der Waals surface area contributed by atoms with Crippen LogP contribution in [0.2, 0.25) is 0 Å². The van der Waals surface area contributed by atoms with E-state index in [1.54, 1.807) is 0 Å². The molecule has 0 saturated heterocycles. The lowest BCUT2D eigenvalue weighted by molar-refractivity contribution is 0.0948. The third-order valence-electron chi connectivity index (χ3n) is 2.43. The molecule has 0 spiro atoms. The van der Waals surface area contributed by atoms with Gasteiger partial charge in [-0.2, -0.15) is 0 Å². The van der Waals surface area contributed by atoms with Gasteiger partial charge in [-0.1, -0.05) is 25.0 Å². The molecule has 64 valence electrons. The summed E-state index contributed by atoms with van der Waals surface area (Å²) in [5, 5.41) is 0. The van der Waals surface area contributed by atoms with Gasteiger partial charge >= 0.3 is 0 Å². The first kappa shape index (κ1) is 8.79. The molecule has 0 saturated carbocycles. The van der Waals surface area contributed by atoms with Gasteiger partial charge in [-0.25, -0.2) is 0 Å². The number of ether oxygens (including phenoxy) is 1. The molecular formula is C10H18O. The molecule has 2 atom stereocenters. The number of allylic oxidation sites excluding steroid dienone is 1. The molecule has 0 N–H and O–H groups in total. The van der Waals surface area contributed by atoms with E-state index in [9.17, 15) is 0 Å². The van der Waals surface area contributed by atoms with Gasteiger partial charge in [0.1, 0.15) is 0 Å². The summed E-state index contributed by atoms with van der Waals surface area (Å²) in [6, 6.07) is 0. The summed E-state index contributed by atoms with van der Waals surface area (Å²) in [7, 11) is 1.81. The molecular weight excluding hydrogens is 136 g/mol. The smallest absolute Gasteiger partial charge is 0.0785 e.